The number of carbonyl (C=O) groups is 1. The van der Waals surface area contributed by atoms with E-state index in [1.165, 1.54) is 11.3 Å². The van der Waals surface area contributed by atoms with E-state index in [0.717, 1.165) is 9.35 Å². The van der Waals surface area contributed by atoms with Crippen LogP contribution in [0, 0.1) is 0 Å². The number of nitrogens with zero attached hydrogens (tertiary/aromatic N) is 1. The molecule has 0 aliphatic rings. The van der Waals surface area contributed by atoms with Gasteiger partial charge in [-0.1, -0.05) is 25.4 Å². The van der Waals surface area contributed by atoms with Crippen molar-refractivity contribution in [2.24, 2.45) is 0 Å². The Morgan fingerprint density at radius 2 is 2.19 bits per heavy atom. The van der Waals surface area contributed by atoms with Crippen molar-refractivity contribution in [3.8, 4) is 0 Å². The molecule has 0 saturated heterocycles. The molecular formula is C10H13BrClNO2S. The molecule has 1 atom stereocenters. The summed E-state index contributed by atoms with van der Waals surface area (Å²) >= 11 is 10.5. The van der Waals surface area contributed by atoms with Crippen molar-refractivity contribution < 1.29 is 9.90 Å². The standard InChI is InChI=1S/C10H13BrClNO2S/c1-3-13(4-2)8(10(14)15)7-5-6(11)9(12)16-7/h5,8H,3-4H2,1-2H3,(H,14,15). The highest BCUT2D eigenvalue weighted by Gasteiger charge is 2.27. The van der Waals surface area contributed by atoms with Crippen molar-refractivity contribution in [1.82, 2.24) is 4.90 Å². The molecule has 1 unspecified atom stereocenters. The minimum atomic E-state index is -0.839. The zero-order valence-corrected chi connectivity index (χ0v) is 12.2. The molecular weight excluding hydrogens is 314 g/mol. The fourth-order valence-corrected chi connectivity index (χ4v) is 3.41. The first-order valence-electron chi connectivity index (χ1n) is 4.92. The van der Waals surface area contributed by atoms with Crippen LogP contribution in [0.25, 0.3) is 0 Å². The Hall–Kier alpha value is -0.100. The van der Waals surface area contributed by atoms with Gasteiger partial charge in [-0.15, -0.1) is 11.3 Å². The fraction of sp³-hybridized carbons (Fsp3) is 0.500. The molecule has 90 valence electrons. The first-order valence-corrected chi connectivity index (χ1v) is 6.91. The molecule has 0 saturated carbocycles. The molecule has 0 spiro atoms. The summed E-state index contributed by atoms with van der Waals surface area (Å²) in [5.74, 6) is -0.839. The SMILES string of the molecule is CCN(CC)C(C(=O)O)c1cc(Br)c(Cl)s1. The van der Waals surface area contributed by atoms with E-state index < -0.39 is 12.0 Å². The molecule has 0 aliphatic heterocycles. The Morgan fingerprint density at radius 1 is 1.62 bits per heavy atom. The molecule has 1 aromatic rings. The van der Waals surface area contributed by atoms with Crippen molar-refractivity contribution in [3.05, 3.63) is 19.8 Å². The topological polar surface area (TPSA) is 40.5 Å². The molecule has 0 fully saturated rings. The van der Waals surface area contributed by atoms with Crippen LogP contribution in [0.15, 0.2) is 10.5 Å². The second-order valence-electron chi connectivity index (χ2n) is 3.23. The molecule has 1 N–H and O–H groups in total. The maximum Gasteiger partial charge on any atom is 0.326 e. The average molecular weight is 327 g/mol. The maximum absolute atomic E-state index is 11.3. The van der Waals surface area contributed by atoms with Crippen LogP contribution in [-0.4, -0.2) is 29.1 Å². The van der Waals surface area contributed by atoms with Gasteiger partial charge in [-0.05, 0) is 35.1 Å². The molecule has 1 rings (SSSR count). The van der Waals surface area contributed by atoms with E-state index in [4.69, 9.17) is 11.6 Å². The van der Waals surface area contributed by atoms with Crippen LogP contribution in [0.1, 0.15) is 24.8 Å². The van der Waals surface area contributed by atoms with Crippen LogP contribution >= 0.6 is 38.9 Å². The van der Waals surface area contributed by atoms with Crippen LogP contribution in [0.4, 0.5) is 0 Å². The predicted molar refractivity (Wildman–Crippen MR) is 70.3 cm³/mol. The van der Waals surface area contributed by atoms with Crippen LogP contribution in [0.3, 0.4) is 0 Å². The number of carboxylic acids is 1. The summed E-state index contributed by atoms with van der Waals surface area (Å²) in [6.45, 7) is 5.29. The predicted octanol–water partition coefficient (Wildman–Crippen LogP) is 3.63. The summed E-state index contributed by atoms with van der Waals surface area (Å²) in [7, 11) is 0. The number of halogens is 2. The number of aliphatic carboxylic acids is 1. The highest BCUT2D eigenvalue weighted by molar-refractivity contribution is 9.10. The normalized spacial score (nSPS) is 13.1. The quantitative estimate of drug-likeness (QED) is 0.898. The molecule has 1 heterocycles. The molecule has 0 bridgehead atoms. The van der Waals surface area contributed by atoms with Gasteiger partial charge in [-0.2, -0.15) is 0 Å². The van der Waals surface area contributed by atoms with Gasteiger partial charge in [0.25, 0.3) is 0 Å². The Morgan fingerprint density at radius 3 is 2.50 bits per heavy atom. The van der Waals surface area contributed by atoms with Gasteiger partial charge in [0.1, 0.15) is 10.4 Å². The lowest BCUT2D eigenvalue weighted by Gasteiger charge is -2.25. The zero-order valence-electron chi connectivity index (χ0n) is 9.04. The highest BCUT2D eigenvalue weighted by Crippen LogP contribution is 2.37. The van der Waals surface area contributed by atoms with Gasteiger partial charge < -0.3 is 5.11 Å². The summed E-state index contributed by atoms with van der Waals surface area (Å²) in [6.07, 6.45) is 0. The van der Waals surface area contributed by atoms with E-state index in [-0.39, 0.29) is 0 Å². The Kier molecular flexibility index (Phi) is 5.24. The molecule has 6 heteroatoms. The number of rotatable bonds is 5. The third-order valence-corrected chi connectivity index (χ3v) is 4.87. The minimum absolute atomic E-state index is 0.591. The molecule has 0 amide bonds. The average Bonchev–Trinajstić information content (AvgIpc) is 2.54. The molecule has 0 aliphatic carbocycles. The number of hydrogen-bond donors (Lipinski definition) is 1. The second kappa shape index (κ2) is 6.00. The fourth-order valence-electron chi connectivity index (χ4n) is 1.54. The van der Waals surface area contributed by atoms with E-state index in [0.29, 0.717) is 17.4 Å². The van der Waals surface area contributed by atoms with Gasteiger partial charge in [0.15, 0.2) is 0 Å². The van der Waals surface area contributed by atoms with Crippen molar-refractivity contribution in [2.45, 2.75) is 19.9 Å². The molecule has 3 nitrogen and oxygen atoms in total. The van der Waals surface area contributed by atoms with Gasteiger partial charge in [0, 0.05) is 9.35 Å². The minimum Gasteiger partial charge on any atom is -0.480 e. The van der Waals surface area contributed by atoms with Gasteiger partial charge in [0.05, 0.1) is 0 Å². The van der Waals surface area contributed by atoms with Crippen LogP contribution in [0.2, 0.25) is 4.34 Å². The lowest BCUT2D eigenvalue weighted by molar-refractivity contribution is -0.143. The van der Waals surface area contributed by atoms with Crippen molar-refractivity contribution in [2.75, 3.05) is 13.1 Å². The first kappa shape index (κ1) is 14.0. The second-order valence-corrected chi connectivity index (χ2v) is 5.77. The van der Waals surface area contributed by atoms with Crippen molar-refractivity contribution >= 4 is 44.8 Å². The zero-order chi connectivity index (χ0) is 12.3. The number of hydrogen-bond acceptors (Lipinski definition) is 3. The van der Waals surface area contributed by atoms with Crippen LogP contribution in [-0.2, 0) is 4.79 Å². The molecule has 0 aromatic carbocycles. The van der Waals surface area contributed by atoms with E-state index in [9.17, 15) is 9.90 Å². The lowest BCUT2D eigenvalue weighted by atomic mass is 10.2. The summed E-state index contributed by atoms with van der Waals surface area (Å²) in [5.41, 5.74) is 0. The van der Waals surface area contributed by atoms with E-state index in [1.807, 2.05) is 18.7 Å². The summed E-state index contributed by atoms with van der Waals surface area (Å²) < 4.78 is 1.35. The lowest BCUT2D eigenvalue weighted by Crippen LogP contribution is -2.33. The third-order valence-electron chi connectivity index (χ3n) is 2.35. The van der Waals surface area contributed by atoms with Gasteiger partial charge in [-0.25, -0.2) is 0 Å². The van der Waals surface area contributed by atoms with E-state index in [2.05, 4.69) is 15.9 Å². The van der Waals surface area contributed by atoms with E-state index in [1.54, 1.807) is 6.07 Å². The number of likely N-dealkylation sites (N-methyl/N-ethyl adjacent to an activating group) is 1. The number of thiophene rings is 1. The summed E-state index contributed by atoms with van der Waals surface area (Å²) in [4.78, 5) is 13.9. The largest absolute Gasteiger partial charge is 0.480 e. The van der Waals surface area contributed by atoms with Gasteiger partial charge in [-0.3, -0.25) is 9.69 Å². The van der Waals surface area contributed by atoms with Crippen LogP contribution in [0.5, 0.6) is 0 Å². The van der Waals surface area contributed by atoms with Gasteiger partial charge in [0.2, 0.25) is 0 Å². The van der Waals surface area contributed by atoms with Crippen molar-refractivity contribution in [3.63, 3.8) is 0 Å². The Balaban J connectivity index is 3.06. The van der Waals surface area contributed by atoms with E-state index >= 15 is 0 Å². The Bertz CT molecular complexity index is 359. The van der Waals surface area contributed by atoms with Crippen LogP contribution < -0.4 is 0 Å². The molecule has 16 heavy (non-hydrogen) atoms. The Labute approximate surface area is 112 Å². The number of carboxylic acid groups (broad SMARTS) is 1. The third kappa shape index (κ3) is 2.97. The summed E-state index contributed by atoms with van der Waals surface area (Å²) in [5, 5.41) is 9.27. The smallest absolute Gasteiger partial charge is 0.326 e. The summed E-state index contributed by atoms with van der Waals surface area (Å²) in [6, 6.07) is 1.17. The van der Waals surface area contributed by atoms with Crippen molar-refractivity contribution in [1.29, 1.82) is 0 Å². The monoisotopic (exact) mass is 325 g/mol. The molecule has 0 radical (unpaired) electrons. The first-order chi connectivity index (χ1) is 7.51. The maximum atomic E-state index is 11.3. The van der Waals surface area contributed by atoms with Gasteiger partial charge >= 0.3 is 5.97 Å². The molecule has 1 aromatic heterocycles. The highest BCUT2D eigenvalue weighted by atomic mass is 79.9.